The number of nitrogens with two attached hydrogens (primary N) is 1. The lowest BCUT2D eigenvalue weighted by Gasteiger charge is -2.10. The summed E-state index contributed by atoms with van der Waals surface area (Å²) in [6, 6.07) is 21.2. The van der Waals surface area contributed by atoms with Crippen molar-refractivity contribution in [1.29, 1.82) is 5.41 Å². The minimum Gasteiger partial charge on any atom is -0.487 e. The Hall–Kier alpha value is -4.13. The highest BCUT2D eigenvalue weighted by Crippen LogP contribution is 2.28. The van der Waals surface area contributed by atoms with Crippen molar-refractivity contribution in [3.8, 4) is 16.9 Å². The fourth-order valence-electron chi connectivity index (χ4n) is 3.79. The fourth-order valence-corrected chi connectivity index (χ4v) is 3.79. The number of carbonyl (C=O) groups is 1. The van der Waals surface area contributed by atoms with E-state index < -0.39 is 0 Å². The fraction of sp³-hybridized carbons (Fsp3) is 0.192. The van der Waals surface area contributed by atoms with Gasteiger partial charge in [-0.2, -0.15) is 5.10 Å². The number of hydrogen-bond acceptors (Lipinski definition) is 5. The predicted molar refractivity (Wildman–Crippen MR) is 128 cm³/mol. The monoisotopic (exact) mass is 442 g/mol. The Labute approximate surface area is 192 Å². The van der Waals surface area contributed by atoms with Crippen LogP contribution in [0.25, 0.3) is 22.0 Å². The Morgan fingerprint density at radius 2 is 1.85 bits per heavy atom. The molecule has 0 saturated carbocycles. The third-order valence-corrected chi connectivity index (χ3v) is 5.41. The van der Waals surface area contributed by atoms with Crippen LogP contribution in [0.15, 0.2) is 66.7 Å². The summed E-state index contributed by atoms with van der Waals surface area (Å²) in [5, 5.41) is 13.3. The molecule has 0 spiro atoms. The minimum atomic E-state index is -0.283. The number of nitrogens with zero attached hydrogens (tertiary/aromatic N) is 2. The van der Waals surface area contributed by atoms with Gasteiger partial charge in [-0.25, -0.2) is 0 Å². The second kappa shape index (κ2) is 9.56. The van der Waals surface area contributed by atoms with Crippen molar-refractivity contribution in [2.24, 2.45) is 12.8 Å². The van der Waals surface area contributed by atoms with Crippen molar-refractivity contribution >= 4 is 22.7 Å². The highest BCUT2D eigenvalue weighted by Gasteiger charge is 2.14. The van der Waals surface area contributed by atoms with Crippen LogP contribution in [0.4, 0.5) is 0 Å². The standard InChI is InChI=1S/C26H26N4O3/c1-3-32-25(31)15-19-7-4-5-10-24(19)33-16-22-21-14-18(11-12-23(21)30(2)29-22)17-8-6-9-20(13-17)26(27)28/h4-14H,3,15-16H2,1-2H3,(H3,27,28). The number of hydrogen-bond donors (Lipinski definition) is 2. The topological polar surface area (TPSA) is 103 Å². The van der Waals surface area contributed by atoms with E-state index in [1.54, 1.807) is 6.92 Å². The molecule has 0 aliphatic carbocycles. The van der Waals surface area contributed by atoms with Crippen molar-refractivity contribution in [1.82, 2.24) is 9.78 Å². The molecule has 0 aliphatic heterocycles. The van der Waals surface area contributed by atoms with Crippen LogP contribution < -0.4 is 10.5 Å². The number of para-hydroxylation sites is 1. The molecule has 1 aromatic heterocycles. The second-order valence-electron chi connectivity index (χ2n) is 7.67. The second-order valence-corrected chi connectivity index (χ2v) is 7.67. The van der Waals surface area contributed by atoms with E-state index in [-0.39, 0.29) is 24.8 Å². The number of ether oxygens (including phenoxy) is 2. The lowest BCUT2D eigenvalue weighted by molar-refractivity contribution is -0.142. The molecule has 4 rings (SSSR count). The first-order chi connectivity index (χ1) is 16.0. The average Bonchev–Trinajstić information content (AvgIpc) is 3.13. The van der Waals surface area contributed by atoms with E-state index in [9.17, 15) is 4.79 Å². The number of aryl methyl sites for hydroxylation is 1. The molecule has 1 heterocycles. The maximum Gasteiger partial charge on any atom is 0.310 e. The number of nitrogens with one attached hydrogen (secondary N) is 1. The largest absolute Gasteiger partial charge is 0.487 e. The highest BCUT2D eigenvalue weighted by molar-refractivity contribution is 5.96. The number of amidine groups is 1. The Bertz CT molecular complexity index is 1330. The first-order valence-corrected chi connectivity index (χ1v) is 10.7. The molecule has 0 fully saturated rings. The summed E-state index contributed by atoms with van der Waals surface area (Å²) in [5.41, 5.74) is 10.9. The molecule has 33 heavy (non-hydrogen) atoms. The van der Waals surface area contributed by atoms with Crippen LogP contribution in [0.5, 0.6) is 5.75 Å². The Morgan fingerprint density at radius 1 is 1.06 bits per heavy atom. The van der Waals surface area contributed by atoms with Crippen LogP contribution >= 0.6 is 0 Å². The molecule has 0 amide bonds. The molecule has 7 nitrogen and oxygen atoms in total. The molecular formula is C26H26N4O3. The quantitative estimate of drug-likeness (QED) is 0.242. The van der Waals surface area contributed by atoms with Crippen LogP contribution in [-0.2, 0) is 29.6 Å². The van der Waals surface area contributed by atoms with Crippen LogP contribution in [-0.4, -0.2) is 28.2 Å². The molecule has 0 aliphatic rings. The van der Waals surface area contributed by atoms with E-state index in [1.165, 1.54) is 0 Å². The van der Waals surface area contributed by atoms with E-state index in [1.807, 2.05) is 72.4 Å². The zero-order chi connectivity index (χ0) is 23.4. The van der Waals surface area contributed by atoms with E-state index in [0.29, 0.717) is 17.9 Å². The average molecular weight is 443 g/mol. The summed E-state index contributed by atoms with van der Waals surface area (Å²) >= 11 is 0. The van der Waals surface area contributed by atoms with Crippen LogP contribution in [0.3, 0.4) is 0 Å². The smallest absolute Gasteiger partial charge is 0.310 e. The molecule has 168 valence electrons. The number of aromatic nitrogens is 2. The molecule has 3 aromatic carbocycles. The van der Waals surface area contributed by atoms with E-state index in [4.69, 9.17) is 20.6 Å². The summed E-state index contributed by atoms with van der Waals surface area (Å²) in [7, 11) is 1.90. The molecule has 0 radical (unpaired) electrons. The molecular weight excluding hydrogens is 416 g/mol. The van der Waals surface area contributed by atoms with Gasteiger partial charge < -0.3 is 15.2 Å². The zero-order valence-electron chi connectivity index (χ0n) is 18.7. The Balaban J connectivity index is 1.62. The summed E-state index contributed by atoms with van der Waals surface area (Å²) in [6.07, 6.45) is 0.156. The predicted octanol–water partition coefficient (Wildman–Crippen LogP) is 4.21. The van der Waals surface area contributed by atoms with Gasteiger partial charge in [0.05, 0.1) is 18.5 Å². The lowest BCUT2D eigenvalue weighted by Crippen LogP contribution is -2.10. The molecule has 4 aromatic rings. The Morgan fingerprint density at radius 3 is 2.64 bits per heavy atom. The van der Waals surface area contributed by atoms with Gasteiger partial charge in [-0.05, 0) is 42.3 Å². The van der Waals surface area contributed by atoms with Crippen LogP contribution in [0.2, 0.25) is 0 Å². The van der Waals surface area contributed by atoms with E-state index in [0.717, 1.165) is 33.3 Å². The third-order valence-electron chi connectivity index (χ3n) is 5.41. The molecule has 0 bridgehead atoms. The zero-order valence-corrected chi connectivity index (χ0v) is 18.7. The van der Waals surface area contributed by atoms with Gasteiger partial charge >= 0.3 is 5.97 Å². The molecule has 0 unspecified atom stereocenters. The molecule has 7 heteroatoms. The number of esters is 1. The number of fused-ring (bicyclic) bond motifs is 1. The van der Waals surface area contributed by atoms with E-state index in [2.05, 4.69) is 11.2 Å². The molecule has 0 saturated heterocycles. The Kier molecular flexibility index (Phi) is 6.40. The van der Waals surface area contributed by atoms with Gasteiger partial charge in [-0.1, -0.05) is 42.5 Å². The molecule has 0 atom stereocenters. The number of rotatable bonds is 8. The summed E-state index contributed by atoms with van der Waals surface area (Å²) in [5.74, 6) is 0.388. The van der Waals surface area contributed by atoms with Gasteiger partial charge in [0.1, 0.15) is 23.9 Å². The van der Waals surface area contributed by atoms with Gasteiger partial charge in [-0.3, -0.25) is 14.9 Å². The third kappa shape index (κ3) is 4.87. The maximum atomic E-state index is 11.9. The van der Waals surface area contributed by atoms with Gasteiger partial charge in [0.2, 0.25) is 0 Å². The SMILES string of the molecule is CCOC(=O)Cc1ccccc1OCc1nn(C)c2ccc(-c3cccc(C(=N)N)c3)cc12. The lowest BCUT2D eigenvalue weighted by atomic mass is 10.0. The van der Waals surface area contributed by atoms with Crippen molar-refractivity contribution in [3.05, 3.63) is 83.6 Å². The highest BCUT2D eigenvalue weighted by atomic mass is 16.5. The van der Waals surface area contributed by atoms with Crippen LogP contribution in [0, 0.1) is 5.41 Å². The normalized spacial score (nSPS) is 10.8. The van der Waals surface area contributed by atoms with Crippen molar-refractivity contribution in [3.63, 3.8) is 0 Å². The van der Waals surface area contributed by atoms with E-state index >= 15 is 0 Å². The van der Waals surface area contributed by atoms with Crippen molar-refractivity contribution < 1.29 is 14.3 Å². The molecule has 3 N–H and O–H groups in total. The van der Waals surface area contributed by atoms with Gasteiger partial charge in [-0.15, -0.1) is 0 Å². The first-order valence-electron chi connectivity index (χ1n) is 10.7. The maximum absolute atomic E-state index is 11.9. The van der Waals surface area contributed by atoms with Crippen molar-refractivity contribution in [2.45, 2.75) is 20.0 Å². The van der Waals surface area contributed by atoms with Crippen molar-refractivity contribution in [2.75, 3.05) is 6.61 Å². The first kappa shape index (κ1) is 22.1. The van der Waals surface area contributed by atoms with Gasteiger partial charge in [0.15, 0.2) is 0 Å². The summed E-state index contributed by atoms with van der Waals surface area (Å²) in [6.45, 7) is 2.39. The summed E-state index contributed by atoms with van der Waals surface area (Å²) < 4.78 is 13.0. The van der Waals surface area contributed by atoms with Gasteiger partial charge in [0, 0.05) is 23.6 Å². The number of carbonyl (C=O) groups excluding carboxylic acids is 1. The van der Waals surface area contributed by atoms with Gasteiger partial charge in [0.25, 0.3) is 0 Å². The number of benzene rings is 3. The number of nitrogen functional groups attached to an aromatic ring is 1. The minimum absolute atomic E-state index is 0.0369. The summed E-state index contributed by atoms with van der Waals surface area (Å²) in [4.78, 5) is 11.9. The van der Waals surface area contributed by atoms with Crippen LogP contribution in [0.1, 0.15) is 23.7 Å².